The molecule has 0 unspecified atom stereocenters. The Balaban J connectivity index is 0.000000214. The van der Waals surface area contributed by atoms with Gasteiger partial charge in [0.05, 0.1) is 54.1 Å². The second kappa shape index (κ2) is 26.4. The van der Waals surface area contributed by atoms with Gasteiger partial charge in [-0.1, -0.05) is 30.5 Å². The van der Waals surface area contributed by atoms with E-state index in [-0.39, 0.29) is 127 Å². The molecule has 3 aromatic carbocycles. The fourth-order valence-corrected chi connectivity index (χ4v) is 12.0. The van der Waals surface area contributed by atoms with Gasteiger partial charge in [-0.15, -0.1) is 0 Å². The smallest absolute Gasteiger partial charge is 0.857 e. The first-order valence-corrected chi connectivity index (χ1v) is 27.6. The molecule has 83 heavy (non-hydrogen) atoms. The fraction of sp³-hybridized carbons (Fsp3) is 0.310. The first-order chi connectivity index (χ1) is 39.4. The van der Waals surface area contributed by atoms with E-state index in [0.717, 1.165) is 79.7 Å². The average molecular weight is 1160 g/mol. The number of ketones is 2. The van der Waals surface area contributed by atoms with Gasteiger partial charge in [-0.25, -0.2) is 69.5 Å². The molecule has 0 aliphatic heterocycles. The topological polar surface area (TPSA) is 232 Å². The van der Waals surface area contributed by atoms with Crippen molar-refractivity contribution in [2.24, 2.45) is 25.9 Å². The van der Waals surface area contributed by atoms with Gasteiger partial charge in [-0.05, 0) is 93.7 Å². The minimum Gasteiger partial charge on any atom is -0.857 e. The first kappa shape index (κ1) is 61.0. The fourth-order valence-electron chi connectivity index (χ4n) is 10.6. The number of aromatic nitrogens is 10. The van der Waals surface area contributed by atoms with Crippen LogP contribution in [0.25, 0.3) is 54.3 Å². The Kier molecular flexibility index (Phi) is 19.4. The number of nitrogens with zero attached hydrogens (tertiary/aromatic N) is 11. The number of hydrogen-bond donors (Lipinski definition) is 3. The predicted molar refractivity (Wildman–Crippen MR) is 297 cm³/mol. The molecule has 11 rings (SSSR count). The summed E-state index contributed by atoms with van der Waals surface area (Å²) in [5, 5.41) is 15.1. The van der Waals surface area contributed by atoms with E-state index < -0.39 is 33.3 Å². The second-order valence-corrected chi connectivity index (χ2v) is 22.2. The largest absolute Gasteiger partial charge is 1.00 e. The van der Waals surface area contributed by atoms with Gasteiger partial charge < -0.3 is 29.9 Å². The molecule has 422 valence electrons. The van der Waals surface area contributed by atoms with Crippen LogP contribution < -0.4 is 45.3 Å². The SMILES string of the molecule is C[O-].[C-]#[N+]c1cc(F)c2[nH]cc(-c3ncc(F)c(N[C@H]4CCC[C@@H](CC(=O)c5cn(C)cn5)C4)n3)c2c1.[C-]#[N+]c1cc(F)c2c(c1)c(-c1ncc(F)c(N[C@H]3CCC[C@@H](CC(=O)c4cn(C)cn4)C3)n1)cn2S(=O)(=O)c1ccc(C)cc1.[Na+]. The van der Waals surface area contributed by atoms with Gasteiger partial charge in [0.15, 0.2) is 57.9 Å². The standard InChI is InChI=1S/C32H29F2N7O3S.C25H23F2N7O.CH3O.Na/c1-19-7-9-23(10-8-19)45(43,44)41-16-25(24-13-22(35-2)14-26(33)30(24)41)31-36-15-27(34)32(39-31)38-21-6-4-5-20(11-21)12-29(42)28-17-40(3)18-37-28;1-28-16-8-17-18(10-29-23(17)19(26)9-16)24-30-11-20(27)25(33-24)32-15-5-3-4-14(6-15)7-22(35)21-12-34(2)13-31-21;1-2;/h7-10,13-18,20-21H,4-6,11-12H2,1,3H3,(H,36,38,39);8-15,29H,3-7H2,2H3,(H,30,32,33);1H3;/q;;-1;+1/t20-,21+;14-,15+;;/m11../s1. The van der Waals surface area contributed by atoms with Gasteiger partial charge in [0.25, 0.3) is 10.0 Å². The molecule has 0 spiro atoms. The third kappa shape index (κ3) is 13.7. The van der Waals surface area contributed by atoms with E-state index in [9.17, 15) is 26.8 Å². The van der Waals surface area contributed by atoms with Crippen molar-refractivity contribution >= 4 is 66.4 Å². The van der Waals surface area contributed by atoms with Crippen LogP contribution in [0.15, 0.2) is 103 Å². The third-order valence-electron chi connectivity index (χ3n) is 14.5. The molecule has 2 aliphatic carbocycles. The summed E-state index contributed by atoms with van der Waals surface area (Å²) >= 11 is 0. The van der Waals surface area contributed by atoms with Gasteiger partial charge in [0.2, 0.25) is 0 Å². The van der Waals surface area contributed by atoms with E-state index in [0.29, 0.717) is 48.0 Å². The van der Waals surface area contributed by atoms with Crippen molar-refractivity contribution < 1.29 is 70.2 Å². The molecule has 0 bridgehead atoms. The number of rotatable bonds is 14. The van der Waals surface area contributed by atoms with Crippen molar-refractivity contribution in [3.63, 3.8) is 0 Å². The van der Waals surface area contributed by atoms with Crippen LogP contribution >= 0.6 is 0 Å². The normalized spacial score (nSPS) is 16.8. The Hall–Kier alpha value is -8.13. The summed E-state index contributed by atoms with van der Waals surface area (Å²) in [6.45, 7) is 16.4. The molecule has 9 aromatic rings. The molecular weight excluding hydrogens is 1100 g/mol. The minimum atomic E-state index is -4.27. The number of benzene rings is 3. The van der Waals surface area contributed by atoms with E-state index in [2.05, 4.69) is 55.2 Å². The number of halogens is 4. The number of nitrogens with one attached hydrogen (secondary N) is 3. The maximum Gasteiger partial charge on any atom is 1.00 e. The number of H-pyrrole nitrogens is 1. The Labute approximate surface area is 497 Å². The molecule has 25 heteroatoms. The minimum absolute atomic E-state index is 0. The van der Waals surface area contributed by atoms with Crippen LogP contribution in [0, 0.1) is 55.2 Å². The van der Waals surface area contributed by atoms with E-state index >= 15 is 8.78 Å². The maximum atomic E-state index is 15.5. The predicted octanol–water partition coefficient (Wildman–Crippen LogP) is 7.86. The number of carbonyl (C=O) groups excluding carboxylic acids is 2. The monoisotopic (exact) mass is 1160 g/mol. The van der Waals surface area contributed by atoms with Crippen LogP contribution in [0.3, 0.4) is 0 Å². The summed E-state index contributed by atoms with van der Waals surface area (Å²) in [5.74, 6) is -2.39. The Morgan fingerprint density at radius 3 is 1.67 bits per heavy atom. The van der Waals surface area contributed by atoms with Crippen LogP contribution in [-0.2, 0) is 24.1 Å². The van der Waals surface area contributed by atoms with Crippen molar-refractivity contribution in [2.75, 3.05) is 17.7 Å². The molecule has 6 aromatic heterocycles. The molecule has 0 amide bonds. The molecular formula is C58H55F4N14NaO5S. The third-order valence-corrected chi connectivity index (χ3v) is 16.2. The van der Waals surface area contributed by atoms with E-state index in [4.69, 9.17) is 18.3 Å². The number of anilines is 2. The molecule has 19 nitrogen and oxygen atoms in total. The van der Waals surface area contributed by atoms with Gasteiger partial charge in [0, 0.05) is 85.7 Å². The van der Waals surface area contributed by atoms with Gasteiger partial charge in [-0.3, -0.25) is 9.59 Å². The molecule has 0 saturated heterocycles. The van der Waals surface area contributed by atoms with Crippen LogP contribution in [0.2, 0.25) is 0 Å². The summed E-state index contributed by atoms with van der Waals surface area (Å²) < 4.78 is 91.1. The average Bonchev–Trinajstić information content (AvgIpc) is 2.44. The maximum absolute atomic E-state index is 15.5. The molecule has 3 N–H and O–H groups in total. The van der Waals surface area contributed by atoms with E-state index in [1.165, 1.54) is 24.4 Å². The van der Waals surface area contributed by atoms with Crippen LogP contribution in [0.5, 0.6) is 0 Å². The number of fused-ring (bicyclic) bond motifs is 2. The van der Waals surface area contributed by atoms with E-state index in [1.54, 1.807) is 65.6 Å². The number of hydrogen-bond acceptors (Lipinski definition) is 13. The van der Waals surface area contributed by atoms with Crippen LogP contribution in [-0.4, -0.2) is 87.2 Å². The van der Waals surface area contributed by atoms with Crippen molar-refractivity contribution in [3.8, 4) is 22.8 Å². The first-order valence-electron chi connectivity index (χ1n) is 26.2. The Morgan fingerprint density at radius 2 is 1.18 bits per heavy atom. The molecule has 2 saturated carbocycles. The van der Waals surface area contributed by atoms with Crippen molar-refractivity contribution in [1.82, 2.24) is 48.0 Å². The van der Waals surface area contributed by atoms with E-state index in [1.807, 2.05) is 14.0 Å². The zero-order valence-corrected chi connectivity index (χ0v) is 48.8. The van der Waals surface area contributed by atoms with Gasteiger partial charge >= 0.3 is 29.6 Å². The number of aryl methyl sites for hydroxylation is 3. The summed E-state index contributed by atoms with van der Waals surface area (Å²) in [5.41, 5.74) is 2.42. The molecule has 4 atom stereocenters. The van der Waals surface area contributed by atoms with Gasteiger partial charge in [0.1, 0.15) is 23.0 Å². The molecule has 0 radical (unpaired) electrons. The number of Topliss-reactive ketones (excluding diaryl/α,β-unsaturated/α-hetero) is 2. The second-order valence-electron chi connectivity index (χ2n) is 20.4. The van der Waals surface area contributed by atoms with Crippen molar-refractivity contribution in [1.29, 1.82) is 0 Å². The Morgan fingerprint density at radius 1 is 0.687 bits per heavy atom. The number of carbonyl (C=O) groups is 2. The summed E-state index contributed by atoms with van der Waals surface area (Å²) in [4.78, 5) is 60.0. The zero-order valence-electron chi connectivity index (χ0n) is 46.0. The van der Waals surface area contributed by atoms with Gasteiger partial charge in [-0.2, -0.15) is 7.11 Å². The van der Waals surface area contributed by atoms with Crippen LogP contribution in [0.1, 0.15) is 90.7 Å². The van der Waals surface area contributed by atoms with Crippen molar-refractivity contribution in [2.45, 2.75) is 88.1 Å². The van der Waals surface area contributed by atoms with Crippen molar-refractivity contribution in [3.05, 3.63) is 161 Å². The van der Waals surface area contributed by atoms with Crippen LogP contribution in [0.4, 0.5) is 40.6 Å². The summed E-state index contributed by atoms with van der Waals surface area (Å²) in [6, 6.07) is 11.0. The number of aromatic amines is 1. The Bertz CT molecular complexity index is 4060. The zero-order chi connectivity index (χ0) is 58.4. The molecule has 2 fully saturated rings. The molecule has 6 heterocycles. The summed E-state index contributed by atoms with van der Waals surface area (Å²) in [7, 11) is 0.109. The quantitative estimate of drug-likeness (QED) is 0.0408. The number of imidazole rings is 2. The summed E-state index contributed by atoms with van der Waals surface area (Å²) in [6.07, 6.45) is 18.6. The molecule has 2 aliphatic rings.